The number of amides is 1. The molecule has 0 heterocycles. The van der Waals surface area contributed by atoms with Crippen molar-refractivity contribution in [2.45, 2.75) is 50.3 Å². The van der Waals surface area contributed by atoms with Crippen LogP contribution < -0.4 is 5.32 Å². The number of thioether (sulfide) groups is 1. The highest BCUT2D eigenvalue weighted by molar-refractivity contribution is 7.99. The Morgan fingerprint density at radius 1 is 0.917 bits per heavy atom. The van der Waals surface area contributed by atoms with E-state index in [9.17, 15) is 4.79 Å². The molecule has 24 heavy (non-hydrogen) atoms. The molecule has 0 bridgehead atoms. The summed E-state index contributed by atoms with van der Waals surface area (Å²) in [6.07, 6.45) is 7.24. The number of carbonyl (C=O) groups excluding carboxylic acids is 1. The first-order valence-corrected chi connectivity index (χ1v) is 10.2. The number of alkyl carbamates (subject to hydrolysis) is 1. The molecule has 0 aromatic carbocycles. The highest BCUT2D eigenvalue weighted by Crippen LogP contribution is 2.26. The molecule has 7 heteroatoms. The summed E-state index contributed by atoms with van der Waals surface area (Å²) in [5, 5.41) is 3.68. The third-order valence-electron chi connectivity index (χ3n) is 3.88. The van der Waals surface area contributed by atoms with Crippen LogP contribution in [0.2, 0.25) is 0 Å². The average molecular weight is 364 g/mol. The first-order valence-electron chi connectivity index (χ1n) is 8.95. The number of carbonyl (C=O) groups is 1. The molecule has 1 rings (SSSR count). The molecule has 0 saturated heterocycles. The molecule has 0 unspecified atom stereocenters. The molecule has 1 amide bonds. The van der Waals surface area contributed by atoms with E-state index in [0.717, 1.165) is 31.1 Å². The molecule has 0 aromatic rings. The highest BCUT2D eigenvalue weighted by Gasteiger charge is 2.21. The topological polar surface area (TPSA) is 66.0 Å². The summed E-state index contributed by atoms with van der Waals surface area (Å²) in [7, 11) is 0. The van der Waals surface area contributed by atoms with E-state index in [2.05, 4.69) is 18.5 Å². The van der Waals surface area contributed by atoms with Gasteiger partial charge in [0, 0.05) is 17.9 Å². The SMILES string of the molecule is CCCOCCOCCOCCOC(=O)NC1CCC(SC)CC1. The van der Waals surface area contributed by atoms with Gasteiger partial charge in [-0.05, 0) is 38.4 Å². The number of rotatable bonds is 13. The molecule has 1 aliphatic carbocycles. The number of hydrogen-bond donors (Lipinski definition) is 1. The number of ether oxygens (including phenoxy) is 4. The Morgan fingerprint density at radius 3 is 2.00 bits per heavy atom. The maximum atomic E-state index is 11.7. The van der Waals surface area contributed by atoms with Crippen LogP contribution in [-0.4, -0.2) is 69.9 Å². The van der Waals surface area contributed by atoms with Crippen molar-refractivity contribution in [2.75, 3.05) is 52.5 Å². The van der Waals surface area contributed by atoms with E-state index in [0.29, 0.717) is 33.0 Å². The Kier molecular flexibility index (Phi) is 13.3. The van der Waals surface area contributed by atoms with Crippen LogP contribution in [0.4, 0.5) is 4.79 Å². The van der Waals surface area contributed by atoms with Crippen LogP contribution in [0, 0.1) is 0 Å². The minimum Gasteiger partial charge on any atom is -0.447 e. The van der Waals surface area contributed by atoms with Gasteiger partial charge in [0.25, 0.3) is 0 Å². The highest BCUT2D eigenvalue weighted by atomic mass is 32.2. The molecule has 0 radical (unpaired) electrons. The molecule has 1 N–H and O–H groups in total. The van der Waals surface area contributed by atoms with Crippen molar-refractivity contribution >= 4 is 17.9 Å². The summed E-state index contributed by atoms with van der Waals surface area (Å²) in [6, 6.07) is 0.255. The van der Waals surface area contributed by atoms with Gasteiger partial charge in [0.1, 0.15) is 6.61 Å². The van der Waals surface area contributed by atoms with Crippen molar-refractivity contribution in [3.05, 3.63) is 0 Å². The second-order valence-corrected chi connectivity index (χ2v) is 6.96. The Hall–Kier alpha value is -0.500. The zero-order valence-electron chi connectivity index (χ0n) is 15.1. The molecular weight excluding hydrogens is 330 g/mol. The summed E-state index contributed by atoms with van der Waals surface area (Å²) in [4.78, 5) is 11.7. The zero-order valence-corrected chi connectivity index (χ0v) is 15.9. The van der Waals surface area contributed by atoms with Gasteiger partial charge in [-0.1, -0.05) is 6.92 Å². The Bertz CT molecular complexity index is 311. The van der Waals surface area contributed by atoms with Crippen molar-refractivity contribution in [1.82, 2.24) is 5.32 Å². The zero-order chi connectivity index (χ0) is 17.5. The molecule has 1 fully saturated rings. The van der Waals surface area contributed by atoms with Gasteiger partial charge < -0.3 is 24.3 Å². The molecule has 1 saturated carbocycles. The molecule has 1 aliphatic rings. The molecule has 6 nitrogen and oxygen atoms in total. The Balaban J connectivity index is 1.84. The first-order chi connectivity index (χ1) is 11.8. The predicted octanol–water partition coefficient (Wildman–Crippen LogP) is 2.85. The van der Waals surface area contributed by atoms with E-state index >= 15 is 0 Å². The lowest BCUT2D eigenvalue weighted by Gasteiger charge is -2.27. The van der Waals surface area contributed by atoms with E-state index in [1.165, 1.54) is 12.8 Å². The number of nitrogens with one attached hydrogen (secondary N) is 1. The summed E-state index contributed by atoms with van der Waals surface area (Å²) in [6.45, 7) is 5.74. The summed E-state index contributed by atoms with van der Waals surface area (Å²) < 4.78 is 21.1. The van der Waals surface area contributed by atoms with E-state index in [1.54, 1.807) is 0 Å². The van der Waals surface area contributed by atoms with Crippen LogP contribution in [-0.2, 0) is 18.9 Å². The molecule has 0 atom stereocenters. The maximum absolute atomic E-state index is 11.7. The lowest BCUT2D eigenvalue weighted by atomic mass is 9.95. The van der Waals surface area contributed by atoms with Crippen molar-refractivity contribution < 1.29 is 23.7 Å². The molecule has 142 valence electrons. The standard InChI is InChI=1S/C17H33NO5S/c1-3-8-20-9-10-21-11-12-22-13-14-23-17(19)18-15-4-6-16(24-2)7-5-15/h15-16H,3-14H2,1-2H3,(H,18,19). The monoisotopic (exact) mass is 363 g/mol. The lowest BCUT2D eigenvalue weighted by molar-refractivity contribution is 0.00557. The smallest absolute Gasteiger partial charge is 0.407 e. The van der Waals surface area contributed by atoms with Crippen LogP contribution in [0.5, 0.6) is 0 Å². The van der Waals surface area contributed by atoms with Gasteiger partial charge in [-0.25, -0.2) is 4.79 Å². The molecule has 0 aromatic heterocycles. The van der Waals surface area contributed by atoms with Gasteiger partial charge in [-0.3, -0.25) is 0 Å². The van der Waals surface area contributed by atoms with Gasteiger partial charge in [0.15, 0.2) is 0 Å². The van der Waals surface area contributed by atoms with E-state index in [-0.39, 0.29) is 18.7 Å². The van der Waals surface area contributed by atoms with Crippen molar-refractivity contribution in [3.8, 4) is 0 Å². The third-order valence-corrected chi connectivity index (χ3v) is 5.02. The van der Waals surface area contributed by atoms with Crippen LogP contribution >= 0.6 is 11.8 Å². The van der Waals surface area contributed by atoms with Crippen molar-refractivity contribution in [1.29, 1.82) is 0 Å². The second-order valence-electron chi connectivity index (χ2n) is 5.83. The first kappa shape index (κ1) is 21.5. The average Bonchev–Trinajstić information content (AvgIpc) is 2.60. The molecule has 0 aliphatic heterocycles. The summed E-state index contributed by atoms with van der Waals surface area (Å²) in [5.41, 5.74) is 0. The van der Waals surface area contributed by atoms with Gasteiger partial charge in [-0.2, -0.15) is 11.8 Å². The fourth-order valence-electron chi connectivity index (χ4n) is 2.53. The van der Waals surface area contributed by atoms with Crippen LogP contribution in [0.3, 0.4) is 0 Å². The minimum atomic E-state index is -0.337. The van der Waals surface area contributed by atoms with Crippen molar-refractivity contribution in [3.63, 3.8) is 0 Å². The fraction of sp³-hybridized carbons (Fsp3) is 0.941. The number of hydrogen-bond acceptors (Lipinski definition) is 6. The minimum absolute atomic E-state index is 0.255. The molecular formula is C17H33NO5S. The Labute approximate surface area is 150 Å². The van der Waals surface area contributed by atoms with Gasteiger partial charge in [0.05, 0.1) is 33.0 Å². The van der Waals surface area contributed by atoms with Crippen LogP contribution in [0.1, 0.15) is 39.0 Å². The van der Waals surface area contributed by atoms with Gasteiger partial charge in [0.2, 0.25) is 0 Å². The predicted molar refractivity (Wildman–Crippen MR) is 96.8 cm³/mol. The third kappa shape index (κ3) is 11.1. The normalized spacial score (nSPS) is 20.8. The van der Waals surface area contributed by atoms with E-state index in [1.807, 2.05) is 11.8 Å². The summed E-state index contributed by atoms with van der Waals surface area (Å²) in [5.74, 6) is 0. The van der Waals surface area contributed by atoms with Crippen LogP contribution in [0.25, 0.3) is 0 Å². The Morgan fingerprint density at radius 2 is 1.46 bits per heavy atom. The summed E-state index contributed by atoms with van der Waals surface area (Å²) >= 11 is 1.92. The molecule has 0 spiro atoms. The van der Waals surface area contributed by atoms with Crippen molar-refractivity contribution in [2.24, 2.45) is 0 Å². The largest absolute Gasteiger partial charge is 0.447 e. The van der Waals surface area contributed by atoms with E-state index < -0.39 is 0 Å². The van der Waals surface area contributed by atoms with E-state index in [4.69, 9.17) is 18.9 Å². The van der Waals surface area contributed by atoms with Gasteiger partial charge >= 0.3 is 6.09 Å². The fourth-order valence-corrected chi connectivity index (χ4v) is 3.27. The second kappa shape index (κ2) is 14.8. The quantitative estimate of drug-likeness (QED) is 0.508. The van der Waals surface area contributed by atoms with Gasteiger partial charge in [-0.15, -0.1) is 0 Å². The van der Waals surface area contributed by atoms with Crippen LogP contribution in [0.15, 0.2) is 0 Å². The lowest BCUT2D eigenvalue weighted by Crippen LogP contribution is -2.38. The maximum Gasteiger partial charge on any atom is 0.407 e.